The van der Waals surface area contributed by atoms with Crippen molar-refractivity contribution in [2.45, 2.75) is 31.7 Å². The summed E-state index contributed by atoms with van der Waals surface area (Å²) in [7, 11) is 0. The van der Waals surface area contributed by atoms with E-state index < -0.39 is 5.82 Å². The van der Waals surface area contributed by atoms with Gasteiger partial charge in [-0.2, -0.15) is 0 Å². The van der Waals surface area contributed by atoms with Crippen LogP contribution in [0.4, 0.5) is 4.39 Å². The Morgan fingerprint density at radius 1 is 1.44 bits per heavy atom. The van der Waals surface area contributed by atoms with Crippen LogP contribution in [0.3, 0.4) is 0 Å². The molecule has 0 bridgehead atoms. The molecule has 0 radical (unpaired) electrons. The van der Waals surface area contributed by atoms with Crippen molar-refractivity contribution in [2.24, 2.45) is 5.92 Å². The quantitative estimate of drug-likeness (QED) is 0.858. The van der Waals surface area contributed by atoms with Crippen LogP contribution < -0.4 is 5.32 Å². The van der Waals surface area contributed by atoms with E-state index >= 15 is 0 Å². The van der Waals surface area contributed by atoms with Gasteiger partial charge in [0.1, 0.15) is 11.5 Å². The number of amides is 1. The van der Waals surface area contributed by atoms with Gasteiger partial charge in [-0.1, -0.05) is 12.8 Å². The fraction of sp³-hybridized carbons (Fsp3) is 0.538. The van der Waals surface area contributed by atoms with Gasteiger partial charge < -0.3 is 5.32 Å². The molecule has 1 aliphatic carbocycles. The molecule has 5 heteroatoms. The van der Waals surface area contributed by atoms with Crippen LogP contribution in [0.2, 0.25) is 0 Å². The summed E-state index contributed by atoms with van der Waals surface area (Å²) in [5.41, 5.74) is 0.246. The molecule has 2 rings (SSSR count). The Morgan fingerprint density at radius 3 is 2.89 bits per heavy atom. The predicted octanol–water partition coefficient (Wildman–Crippen LogP) is 2.75. The van der Waals surface area contributed by atoms with Gasteiger partial charge >= 0.3 is 0 Å². The van der Waals surface area contributed by atoms with E-state index in [0.29, 0.717) is 11.8 Å². The van der Waals surface area contributed by atoms with Gasteiger partial charge in [0.15, 0.2) is 0 Å². The largest absolute Gasteiger partial charge is 0.348 e. The topological polar surface area (TPSA) is 42.0 Å². The lowest BCUT2D eigenvalue weighted by Crippen LogP contribution is -2.43. The first-order valence-electron chi connectivity index (χ1n) is 6.19. The highest BCUT2D eigenvalue weighted by molar-refractivity contribution is 6.18. The number of halogens is 2. The van der Waals surface area contributed by atoms with Crippen molar-refractivity contribution in [3.8, 4) is 0 Å². The zero-order chi connectivity index (χ0) is 13.0. The van der Waals surface area contributed by atoms with Crippen LogP contribution in [0.1, 0.15) is 36.2 Å². The van der Waals surface area contributed by atoms with Crippen molar-refractivity contribution in [1.82, 2.24) is 10.3 Å². The smallest absolute Gasteiger partial charge is 0.270 e. The number of nitrogens with one attached hydrogen (secondary N) is 1. The Bertz CT molecular complexity index is 410. The molecule has 1 fully saturated rings. The summed E-state index contributed by atoms with van der Waals surface area (Å²) in [6, 6.07) is 2.74. The monoisotopic (exact) mass is 270 g/mol. The number of hydrogen-bond acceptors (Lipinski definition) is 2. The lowest BCUT2D eigenvalue weighted by Gasteiger charge is -2.30. The first-order valence-corrected chi connectivity index (χ1v) is 6.72. The van der Waals surface area contributed by atoms with E-state index in [2.05, 4.69) is 10.3 Å². The highest BCUT2D eigenvalue weighted by Crippen LogP contribution is 2.25. The van der Waals surface area contributed by atoms with Crippen LogP contribution in [-0.2, 0) is 0 Å². The molecular formula is C13H16ClFN2O. The molecule has 18 heavy (non-hydrogen) atoms. The fourth-order valence-electron chi connectivity index (χ4n) is 2.33. The van der Waals surface area contributed by atoms with Gasteiger partial charge in [0.25, 0.3) is 5.91 Å². The summed E-state index contributed by atoms with van der Waals surface area (Å²) in [5, 5.41) is 2.95. The summed E-state index contributed by atoms with van der Waals surface area (Å²) in [6.07, 6.45) is 5.32. The minimum atomic E-state index is -0.442. The Kier molecular flexibility index (Phi) is 4.53. The maximum Gasteiger partial charge on any atom is 0.270 e. The highest BCUT2D eigenvalue weighted by atomic mass is 35.5. The van der Waals surface area contributed by atoms with E-state index in [4.69, 9.17) is 11.6 Å². The average Bonchev–Trinajstić information content (AvgIpc) is 2.40. The van der Waals surface area contributed by atoms with Crippen LogP contribution in [0, 0.1) is 11.7 Å². The van der Waals surface area contributed by atoms with Gasteiger partial charge in [-0.3, -0.25) is 4.79 Å². The molecule has 2 atom stereocenters. The molecule has 1 aromatic rings. The van der Waals surface area contributed by atoms with E-state index in [-0.39, 0.29) is 17.6 Å². The average molecular weight is 271 g/mol. The van der Waals surface area contributed by atoms with Gasteiger partial charge in [0.05, 0.1) is 6.20 Å². The highest BCUT2D eigenvalue weighted by Gasteiger charge is 2.26. The minimum Gasteiger partial charge on any atom is -0.348 e. The van der Waals surface area contributed by atoms with E-state index in [1.807, 2.05) is 0 Å². The molecule has 1 amide bonds. The Morgan fingerprint density at radius 2 is 2.22 bits per heavy atom. The fourth-order valence-corrected chi connectivity index (χ4v) is 2.70. The number of alkyl halides is 1. The molecule has 0 aliphatic heterocycles. The lowest BCUT2D eigenvalue weighted by molar-refractivity contribution is 0.0906. The number of carbonyl (C=O) groups is 1. The molecule has 98 valence electrons. The third-order valence-electron chi connectivity index (χ3n) is 3.38. The molecule has 0 saturated heterocycles. The maximum atomic E-state index is 12.7. The molecule has 1 aliphatic rings. The van der Waals surface area contributed by atoms with Crippen LogP contribution in [0.25, 0.3) is 0 Å². The second-order valence-electron chi connectivity index (χ2n) is 4.64. The second-order valence-corrected chi connectivity index (χ2v) is 4.95. The zero-order valence-electron chi connectivity index (χ0n) is 10.0. The maximum absolute atomic E-state index is 12.7. The molecule has 1 heterocycles. The van der Waals surface area contributed by atoms with Gasteiger partial charge in [-0.15, -0.1) is 11.6 Å². The van der Waals surface area contributed by atoms with Gasteiger partial charge in [-0.05, 0) is 30.9 Å². The Balaban J connectivity index is 1.99. The third-order valence-corrected chi connectivity index (χ3v) is 3.78. The summed E-state index contributed by atoms with van der Waals surface area (Å²) in [6.45, 7) is 0. The van der Waals surface area contributed by atoms with E-state index in [1.165, 1.54) is 18.6 Å². The lowest BCUT2D eigenvalue weighted by atomic mass is 9.85. The van der Waals surface area contributed by atoms with Crippen molar-refractivity contribution in [3.05, 3.63) is 29.8 Å². The normalized spacial score (nSPS) is 23.7. The van der Waals surface area contributed by atoms with Gasteiger partial charge in [0.2, 0.25) is 0 Å². The van der Waals surface area contributed by atoms with Crippen LogP contribution in [0.15, 0.2) is 18.3 Å². The van der Waals surface area contributed by atoms with Crippen molar-refractivity contribution in [3.63, 3.8) is 0 Å². The summed E-state index contributed by atoms with van der Waals surface area (Å²) >= 11 is 5.91. The molecule has 2 unspecified atom stereocenters. The molecule has 0 spiro atoms. The zero-order valence-corrected chi connectivity index (χ0v) is 10.8. The molecule has 1 saturated carbocycles. The minimum absolute atomic E-state index is 0.107. The number of nitrogens with zero attached hydrogens (tertiary/aromatic N) is 1. The molecule has 3 nitrogen and oxygen atoms in total. The first-order chi connectivity index (χ1) is 8.70. The van der Waals surface area contributed by atoms with Gasteiger partial charge in [0, 0.05) is 11.9 Å². The SMILES string of the molecule is O=C(NC1CCCCC1CCl)c1ccc(F)cn1. The number of carbonyl (C=O) groups excluding carboxylic acids is 1. The first kappa shape index (κ1) is 13.3. The Hall–Kier alpha value is -1.16. The Labute approximate surface area is 111 Å². The standard InChI is InChI=1S/C13H16ClFN2O/c14-7-9-3-1-2-4-11(9)17-13(18)12-6-5-10(15)8-16-12/h5-6,8-9,11H,1-4,7H2,(H,17,18). The summed E-state index contributed by atoms with van der Waals surface area (Å²) < 4.78 is 12.7. The molecule has 1 N–H and O–H groups in total. The second kappa shape index (κ2) is 6.14. The molecule has 0 aromatic carbocycles. The van der Waals surface area contributed by atoms with Crippen LogP contribution in [0.5, 0.6) is 0 Å². The number of aromatic nitrogens is 1. The molecule has 1 aromatic heterocycles. The van der Waals surface area contributed by atoms with Crippen molar-refractivity contribution >= 4 is 17.5 Å². The molecular weight excluding hydrogens is 255 g/mol. The van der Waals surface area contributed by atoms with Gasteiger partial charge in [-0.25, -0.2) is 9.37 Å². The van der Waals surface area contributed by atoms with Crippen molar-refractivity contribution in [1.29, 1.82) is 0 Å². The predicted molar refractivity (Wildman–Crippen MR) is 68.1 cm³/mol. The number of rotatable bonds is 3. The van der Waals surface area contributed by atoms with Crippen molar-refractivity contribution < 1.29 is 9.18 Å². The van der Waals surface area contributed by atoms with Crippen LogP contribution >= 0.6 is 11.6 Å². The van der Waals surface area contributed by atoms with Crippen LogP contribution in [-0.4, -0.2) is 22.8 Å². The summed E-state index contributed by atoms with van der Waals surface area (Å²) in [5.74, 6) is 0.187. The van der Waals surface area contributed by atoms with E-state index in [9.17, 15) is 9.18 Å². The third kappa shape index (κ3) is 3.19. The van der Waals surface area contributed by atoms with E-state index in [0.717, 1.165) is 25.5 Å². The van der Waals surface area contributed by atoms with Crippen molar-refractivity contribution in [2.75, 3.05) is 5.88 Å². The van der Waals surface area contributed by atoms with E-state index in [1.54, 1.807) is 0 Å². The number of pyridine rings is 1. The number of hydrogen-bond donors (Lipinski definition) is 1. The summed E-state index contributed by atoms with van der Waals surface area (Å²) in [4.78, 5) is 15.7.